The molecule has 0 radical (unpaired) electrons. The molecule has 0 atom stereocenters. The highest BCUT2D eigenvalue weighted by Crippen LogP contribution is 2.32. The molecular weight excluding hydrogens is 370 g/mol. The molecule has 9 heteroatoms. The molecule has 0 unspecified atom stereocenters. The average molecular weight is 384 g/mol. The fourth-order valence-corrected chi connectivity index (χ4v) is 2.60. The van der Waals surface area contributed by atoms with E-state index >= 15 is 0 Å². The predicted molar refractivity (Wildman–Crippen MR) is 95.4 cm³/mol. The van der Waals surface area contributed by atoms with Gasteiger partial charge in [-0.05, 0) is 29.8 Å². The first-order chi connectivity index (χ1) is 13.6. The summed E-state index contributed by atoms with van der Waals surface area (Å²) in [5.41, 5.74) is 0.964. The van der Waals surface area contributed by atoms with Crippen molar-refractivity contribution in [1.82, 2.24) is 15.3 Å². The number of carbonyl (C=O) groups excluding carboxylic acids is 1. The van der Waals surface area contributed by atoms with Crippen molar-refractivity contribution in [3.05, 3.63) is 71.7 Å². The Morgan fingerprint density at radius 3 is 2.75 bits per heavy atom. The van der Waals surface area contributed by atoms with E-state index in [1.165, 1.54) is 18.5 Å². The second kappa shape index (κ2) is 7.47. The lowest BCUT2D eigenvalue weighted by Gasteiger charge is -2.09. The second-order valence-corrected chi connectivity index (χ2v) is 5.91. The molecule has 0 spiro atoms. The quantitative estimate of drug-likeness (QED) is 0.703. The van der Waals surface area contributed by atoms with Crippen molar-refractivity contribution in [3.8, 4) is 11.5 Å². The summed E-state index contributed by atoms with van der Waals surface area (Å²) in [6.45, 7) is 0.436. The van der Waals surface area contributed by atoms with Crippen molar-refractivity contribution < 1.29 is 23.0 Å². The van der Waals surface area contributed by atoms with Gasteiger partial charge in [0.05, 0.1) is 5.69 Å². The number of rotatable bonds is 5. The first-order valence-electron chi connectivity index (χ1n) is 8.29. The standard InChI is InChI=1S/C19H14F2N4O3/c20-12-2-3-14(13(21)6-12)25-18-7-15(23-9-24-18)19(26)22-8-11-1-4-16-17(5-11)28-10-27-16/h1-7,9H,8,10H2,(H,22,26)(H,23,24,25). The zero-order valence-electron chi connectivity index (χ0n) is 14.4. The van der Waals surface area contributed by atoms with Crippen LogP contribution < -0.4 is 20.1 Å². The van der Waals surface area contributed by atoms with E-state index < -0.39 is 17.5 Å². The number of halogens is 2. The van der Waals surface area contributed by atoms with Crippen LogP contribution in [-0.2, 0) is 6.54 Å². The van der Waals surface area contributed by atoms with Gasteiger partial charge in [0.15, 0.2) is 11.5 Å². The van der Waals surface area contributed by atoms with Crippen molar-refractivity contribution in [2.45, 2.75) is 6.54 Å². The van der Waals surface area contributed by atoms with Crippen LogP contribution in [0.5, 0.6) is 11.5 Å². The monoisotopic (exact) mass is 384 g/mol. The van der Waals surface area contributed by atoms with E-state index in [1.807, 2.05) is 6.07 Å². The van der Waals surface area contributed by atoms with E-state index in [9.17, 15) is 13.6 Å². The molecule has 4 rings (SSSR count). The Labute approximate surface area is 158 Å². The Kier molecular flexibility index (Phi) is 4.71. The Bertz CT molecular complexity index is 1050. The molecule has 1 aromatic heterocycles. The highest BCUT2D eigenvalue weighted by Gasteiger charge is 2.14. The van der Waals surface area contributed by atoms with Crippen LogP contribution in [0.1, 0.15) is 16.1 Å². The normalized spacial score (nSPS) is 11.9. The molecule has 3 aromatic rings. The van der Waals surface area contributed by atoms with E-state index in [0.717, 1.165) is 17.7 Å². The number of aromatic nitrogens is 2. The minimum absolute atomic E-state index is 0.0341. The topological polar surface area (TPSA) is 85.4 Å². The van der Waals surface area contributed by atoms with Crippen LogP contribution in [0.2, 0.25) is 0 Å². The van der Waals surface area contributed by atoms with Crippen LogP contribution in [0.4, 0.5) is 20.3 Å². The Balaban J connectivity index is 1.42. The van der Waals surface area contributed by atoms with Crippen molar-refractivity contribution in [3.63, 3.8) is 0 Å². The molecule has 142 valence electrons. The summed E-state index contributed by atoms with van der Waals surface area (Å²) in [5, 5.41) is 5.43. The van der Waals surface area contributed by atoms with Crippen LogP contribution in [-0.4, -0.2) is 22.7 Å². The first-order valence-corrected chi connectivity index (χ1v) is 8.29. The summed E-state index contributed by atoms with van der Waals surface area (Å²) in [7, 11) is 0. The Hall–Kier alpha value is -3.75. The summed E-state index contributed by atoms with van der Waals surface area (Å²) in [5.74, 6) is -0.394. The number of ether oxygens (including phenoxy) is 2. The lowest BCUT2D eigenvalue weighted by molar-refractivity contribution is 0.0945. The molecule has 0 bridgehead atoms. The van der Waals surface area contributed by atoms with E-state index in [-0.39, 0.29) is 30.5 Å². The van der Waals surface area contributed by atoms with Gasteiger partial charge in [0.25, 0.3) is 5.91 Å². The second-order valence-electron chi connectivity index (χ2n) is 5.91. The fourth-order valence-electron chi connectivity index (χ4n) is 2.60. The van der Waals surface area contributed by atoms with Crippen LogP contribution in [0.25, 0.3) is 0 Å². The van der Waals surface area contributed by atoms with Gasteiger partial charge in [-0.1, -0.05) is 6.07 Å². The zero-order chi connectivity index (χ0) is 19.5. The molecule has 7 nitrogen and oxygen atoms in total. The molecular formula is C19H14F2N4O3. The lowest BCUT2D eigenvalue weighted by Crippen LogP contribution is -2.24. The van der Waals surface area contributed by atoms with Gasteiger partial charge in [0, 0.05) is 18.7 Å². The number of amides is 1. The third kappa shape index (κ3) is 3.83. The molecule has 0 aliphatic carbocycles. The number of fused-ring (bicyclic) bond motifs is 1. The molecule has 1 aliphatic rings. The molecule has 0 saturated carbocycles. The van der Waals surface area contributed by atoms with E-state index in [4.69, 9.17) is 9.47 Å². The lowest BCUT2D eigenvalue weighted by atomic mass is 10.2. The van der Waals surface area contributed by atoms with Crippen LogP contribution in [0.15, 0.2) is 48.8 Å². The number of carbonyl (C=O) groups is 1. The molecule has 28 heavy (non-hydrogen) atoms. The van der Waals surface area contributed by atoms with Crippen LogP contribution in [0, 0.1) is 11.6 Å². The minimum Gasteiger partial charge on any atom is -0.454 e. The maximum atomic E-state index is 13.8. The van der Waals surface area contributed by atoms with Gasteiger partial charge < -0.3 is 20.1 Å². The van der Waals surface area contributed by atoms with Crippen molar-refractivity contribution in [1.29, 1.82) is 0 Å². The number of hydrogen-bond acceptors (Lipinski definition) is 6. The molecule has 2 N–H and O–H groups in total. The first kappa shape index (κ1) is 17.7. The third-order valence-electron chi connectivity index (χ3n) is 3.98. The zero-order valence-corrected chi connectivity index (χ0v) is 14.4. The van der Waals surface area contributed by atoms with Crippen molar-refractivity contribution in [2.75, 3.05) is 12.1 Å². The van der Waals surface area contributed by atoms with Crippen molar-refractivity contribution >= 4 is 17.4 Å². The molecule has 2 aromatic carbocycles. The Morgan fingerprint density at radius 2 is 1.89 bits per heavy atom. The molecule has 1 amide bonds. The van der Waals surface area contributed by atoms with Gasteiger partial charge in [-0.25, -0.2) is 18.7 Å². The summed E-state index contributed by atoms with van der Waals surface area (Å²) in [4.78, 5) is 20.2. The van der Waals surface area contributed by atoms with Gasteiger partial charge in [-0.2, -0.15) is 0 Å². The van der Waals surface area contributed by atoms with Gasteiger partial charge >= 0.3 is 0 Å². The maximum absolute atomic E-state index is 13.8. The summed E-state index contributed by atoms with van der Waals surface area (Å²) < 4.78 is 37.3. The highest BCUT2D eigenvalue weighted by molar-refractivity contribution is 5.92. The largest absolute Gasteiger partial charge is 0.454 e. The van der Waals surface area contributed by atoms with Gasteiger partial charge in [0.2, 0.25) is 6.79 Å². The van der Waals surface area contributed by atoms with Crippen LogP contribution in [0.3, 0.4) is 0 Å². The average Bonchev–Trinajstić information content (AvgIpc) is 3.16. The van der Waals surface area contributed by atoms with Crippen molar-refractivity contribution in [2.24, 2.45) is 0 Å². The number of hydrogen-bond donors (Lipinski definition) is 2. The third-order valence-corrected chi connectivity index (χ3v) is 3.98. The predicted octanol–water partition coefficient (Wildman–Crippen LogP) is 3.16. The molecule has 0 saturated heterocycles. The molecule has 2 heterocycles. The fraction of sp³-hybridized carbons (Fsp3) is 0.105. The highest BCUT2D eigenvalue weighted by atomic mass is 19.1. The van der Waals surface area contributed by atoms with E-state index in [2.05, 4.69) is 20.6 Å². The number of anilines is 2. The van der Waals surface area contributed by atoms with E-state index in [0.29, 0.717) is 11.5 Å². The number of nitrogens with zero attached hydrogens (tertiary/aromatic N) is 2. The number of benzene rings is 2. The summed E-state index contributed by atoms with van der Waals surface area (Å²) in [6.07, 6.45) is 1.18. The van der Waals surface area contributed by atoms with Gasteiger partial charge in [-0.15, -0.1) is 0 Å². The smallest absolute Gasteiger partial charge is 0.270 e. The number of nitrogens with one attached hydrogen (secondary N) is 2. The minimum atomic E-state index is -0.771. The van der Waals surface area contributed by atoms with Gasteiger partial charge in [-0.3, -0.25) is 4.79 Å². The van der Waals surface area contributed by atoms with Gasteiger partial charge in [0.1, 0.15) is 29.5 Å². The SMILES string of the molecule is O=C(NCc1ccc2c(c1)OCO2)c1cc(Nc2ccc(F)cc2F)ncn1. The summed E-state index contributed by atoms with van der Waals surface area (Å²) >= 11 is 0. The van der Waals surface area contributed by atoms with Crippen LogP contribution >= 0.6 is 0 Å². The maximum Gasteiger partial charge on any atom is 0.270 e. The summed E-state index contributed by atoms with van der Waals surface area (Å²) in [6, 6.07) is 9.86. The molecule has 0 fully saturated rings. The van der Waals surface area contributed by atoms with E-state index in [1.54, 1.807) is 12.1 Å². The Morgan fingerprint density at radius 1 is 1.04 bits per heavy atom. The molecule has 1 aliphatic heterocycles.